The smallest absolute Gasteiger partial charge is 0.280 e. The summed E-state index contributed by atoms with van der Waals surface area (Å²) in [5.74, 6) is 0.185. The molecule has 4 rings (SSSR count). The van der Waals surface area contributed by atoms with Crippen LogP contribution in [-0.4, -0.2) is 15.9 Å². The van der Waals surface area contributed by atoms with Crippen molar-refractivity contribution in [2.45, 2.75) is 13.8 Å². The maximum absolute atomic E-state index is 12.4. The Balaban J connectivity index is 1.85. The number of halogens is 2. The number of rotatable bonds is 2. The molecule has 1 amide bonds. The molecule has 0 saturated carbocycles. The standard InChI is InChI=1S/C18H13Cl2N4O/c1-8-9(2)21-17(25)14-10(8)6-7-13-16(14)24-18(22-13)23-15-11(19)4-3-5-12(15)20/h3-7H,1-2H3,(H2,22,23,24). The normalized spacial score (nSPS) is 13.8. The summed E-state index contributed by atoms with van der Waals surface area (Å²) in [6, 6.07) is 9.01. The lowest BCUT2D eigenvalue weighted by molar-refractivity contribution is 0.0961. The quantitative estimate of drug-likeness (QED) is 0.656. The predicted molar refractivity (Wildman–Crippen MR) is 101 cm³/mol. The van der Waals surface area contributed by atoms with Crippen LogP contribution in [0.15, 0.2) is 36.0 Å². The number of carbonyl (C=O) groups excluding carboxylic acids is 1. The average molecular weight is 372 g/mol. The maximum atomic E-state index is 12.4. The van der Waals surface area contributed by atoms with Gasteiger partial charge in [-0.3, -0.25) is 4.79 Å². The number of benzene rings is 2. The highest BCUT2D eigenvalue weighted by Crippen LogP contribution is 2.35. The number of aromatic nitrogens is 2. The molecule has 0 unspecified atom stereocenters. The molecule has 7 heteroatoms. The number of nitrogens with one attached hydrogen (secondary N) is 2. The van der Waals surface area contributed by atoms with Crippen molar-refractivity contribution in [3.63, 3.8) is 0 Å². The number of H-pyrrole nitrogens is 1. The highest BCUT2D eigenvalue weighted by atomic mass is 35.5. The minimum atomic E-state index is -0.269. The van der Waals surface area contributed by atoms with Gasteiger partial charge in [0.05, 0.1) is 32.3 Å². The number of fused-ring (bicyclic) bond motifs is 3. The van der Waals surface area contributed by atoms with Crippen molar-refractivity contribution in [1.29, 1.82) is 0 Å². The molecule has 0 atom stereocenters. The SMILES string of the molecule is CC1=C(C)c2ccc3nc(Nc4c(Cl)cccc4Cl)[nH]c3c2C(=O)[N]1. The Hall–Kier alpha value is -2.50. The molecule has 0 fully saturated rings. The van der Waals surface area contributed by atoms with Crippen molar-refractivity contribution in [2.75, 3.05) is 5.32 Å². The van der Waals surface area contributed by atoms with Crippen LogP contribution in [0, 0.1) is 0 Å². The van der Waals surface area contributed by atoms with E-state index in [0.717, 1.165) is 16.8 Å². The second-order valence-electron chi connectivity index (χ2n) is 5.82. The van der Waals surface area contributed by atoms with Gasteiger partial charge in [0.15, 0.2) is 0 Å². The van der Waals surface area contributed by atoms with E-state index in [1.807, 2.05) is 26.0 Å². The summed E-state index contributed by atoms with van der Waals surface area (Å²) in [6.45, 7) is 3.79. The van der Waals surface area contributed by atoms with Gasteiger partial charge in [-0.15, -0.1) is 0 Å². The van der Waals surface area contributed by atoms with Crippen LogP contribution in [-0.2, 0) is 0 Å². The van der Waals surface area contributed by atoms with Crippen LogP contribution in [0.1, 0.15) is 29.8 Å². The van der Waals surface area contributed by atoms with Gasteiger partial charge < -0.3 is 10.3 Å². The van der Waals surface area contributed by atoms with Gasteiger partial charge in [0.1, 0.15) is 0 Å². The molecule has 0 saturated heterocycles. The van der Waals surface area contributed by atoms with Gasteiger partial charge in [-0.2, -0.15) is 0 Å². The number of anilines is 2. The van der Waals surface area contributed by atoms with Gasteiger partial charge in [0.25, 0.3) is 5.91 Å². The van der Waals surface area contributed by atoms with Gasteiger partial charge in [-0.1, -0.05) is 35.3 Å². The number of carbonyl (C=O) groups is 1. The van der Waals surface area contributed by atoms with Crippen molar-refractivity contribution < 1.29 is 4.79 Å². The molecular weight excluding hydrogens is 359 g/mol. The molecule has 0 aliphatic carbocycles. The largest absolute Gasteiger partial charge is 0.323 e. The number of para-hydroxylation sites is 1. The van der Waals surface area contributed by atoms with E-state index in [-0.39, 0.29) is 5.91 Å². The molecule has 3 aromatic rings. The lowest BCUT2D eigenvalue weighted by atomic mass is 9.94. The fourth-order valence-electron chi connectivity index (χ4n) is 2.89. The van der Waals surface area contributed by atoms with Gasteiger partial charge >= 0.3 is 0 Å². The number of amides is 1. The molecule has 125 valence electrons. The van der Waals surface area contributed by atoms with E-state index in [1.54, 1.807) is 18.2 Å². The van der Waals surface area contributed by atoms with Crippen LogP contribution < -0.4 is 10.6 Å². The summed E-state index contributed by atoms with van der Waals surface area (Å²) in [4.78, 5) is 20.1. The number of hydrogen-bond acceptors (Lipinski definition) is 3. The van der Waals surface area contributed by atoms with E-state index in [1.165, 1.54) is 0 Å². The summed E-state index contributed by atoms with van der Waals surface area (Å²) >= 11 is 12.4. The Morgan fingerprint density at radius 1 is 1.08 bits per heavy atom. The zero-order chi connectivity index (χ0) is 17.7. The first-order valence-corrected chi connectivity index (χ1v) is 8.39. The minimum Gasteiger partial charge on any atom is -0.323 e. The molecule has 1 aromatic heterocycles. The second kappa shape index (κ2) is 5.79. The molecule has 2 N–H and O–H groups in total. The summed E-state index contributed by atoms with van der Waals surface area (Å²) in [6.07, 6.45) is 0. The lowest BCUT2D eigenvalue weighted by Gasteiger charge is -2.17. The Morgan fingerprint density at radius 3 is 2.52 bits per heavy atom. The van der Waals surface area contributed by atoms with Crippen LogP contribution in [0.3, 0.4) is 0 Å². The zero-order valence-corrected chi connectivity index (χ0v) is 15.0. The summed E-state index contributed by atoms with van der Waals surface area (Å²) in [7, 11) is 0. The molecule has 1 radical (unpaired) electrons. The molecule has 25 heavy (non-hydrogen) atoms. The molecule has 0 spiro atoms. The van der Waals surface area contributed by atoms with E-state index < -0.39 is 0 Å². The third-order valence-corrected chi connectivity index (χ3v) is 4.92. The second-order valence-corrected chi connectivity index (χ2v) is 6.63. The number of allylic oxidation sites excluding steroid dienone is 2. The molecule has 5 nitrogen and oxygen atoms in total. The summed E-state index contributed by atoms with van der Waals surface area (Å²) < 4.78 is 0. The fraction of sp³-hybridized carbons (Fsp3) is 0.111. The number of hydrogen-bond donors (Lipinski definition) is 2. The average Bonchev–Trinajstić information content (AvgIpc) is 2.98. The highest BCUT2D eigenvalue weighted by molar-refractivity contribution is 6.39. The molecule has 2 heterocycles. The van der Waals surface area contributed by atoms with E-state index >= 15 is 0 Å². The lowest BCUT2D eigenvalue weighted by Crippen LogP contribution is -2.21. The minimum absolute atomic E-state index is 0.269. The monoisotopic (exact) mass is 371 g/mol. The van der Waals surface area contributed by atoms with Crippen LogP contribution in [0.4, 0.5) is 11.6 Å². The number of imidazole rings is 1. The first-order chi connectivity index (χ1) is 12.0. The van der Waals surface area contributed by atoms with E-state index in [0.29, 0.717) is 38.3 Å². The third-order valence-electron chi connectivity index (χ3n) is 4.29. The van der Waals surface area contributed by atoms with Gasteiger partial charge in [-0.05, 0) is 43.2 Å². The van der Waals surface area contributed by atoms with Crippen molar-refractivity contribution in [2.24, 2.45) is 0 Å². The fourth-order valence-corrected chi connectivity index (χ4v) is 3.39. The number of nitrogens with zero attached hydrogens (tertiary/aromatic N) is 2. The third kappa shape index (κ3) is 2.56. The van der Waals surface area contributed by atoms with Crippen LogP contribution in [0.2, 0.25) is 10.0 Å². The highest BCUT2D eigenvalue weighted by Gasteiger charge is 2.25. The van der Waals surface area contributed by atoms with Crippen molar-refractivity contribution >= 4 is 57.4 Å². The van der Waals surface area contributed by atoms with Gasteiger partial charge in [-0.25, -0.2) is 10.3 Å². The number of aromatic amines is 1. The molecule has 0 bridgehead atoms. The maximum Gasteiger partial charge on any atom is 0.280 e. The van der Waals surface area contributed by atoms with E-state index in [2.05, 4.69) is 20.6 Å². The molecule has 1 aliphatic rings. The molecule has 2 aromatic carbocycles. The van der Waals surface area contributed by atoms with E-state index in [4.69, 9.17) is 23.2 Å². The van der Waals surface area contributed by atoms with Gasteiger partial charge in [0, 0.05) is 5.70 Å². The van der Waals surface area contributed by atoms with Crippen molar-refractivity contribution in [3.8, 4) is 0 Å². The van der Waals surface area contributed by atoms with Crippen molar-refractivity contribution in [3.05, 3.63) is 57.2 Å². The Bertz CT molecular complexity index is 1050. The first kappa shape index (κ1) is 16.0. The van der Waals surface area contributed by atoms with Crippen molar-refractivity contribution in [1.82, 2.24) is 15.3 Å². The van der Waals surface area contributed by atoms with Gasteiger partial charge in [0.2, 0.25) is 5.95 Å². The summed E-state index contributed by atoms with van der Waals surface area (Å²) in [5.41, 5.74) is 4.99. The van der Waals surface area contributed by atoms with Crippen LogP contribution >= 0.6 is 23.2 Å². The Morgan fingerprint density at radius 2 is 1.80 bits per heavy atom. The molecular formula is C18H13Cl2N4O. The first-order valence-electron chi connectivity index (χ1n) is 7.63. The molecule has 1 aliphatic heterocycles. The zero-order valence-electron chi connectivity index (χ0n) is 13.4. The summed E-state index contributed by atoms with van der Waals surface area (Å²) in [5, 5.41) is 8.16. The topological polar surface area (TPSA) is 71.9 Å². The van der Waals surface area contributed by atoms with E-state index in [9.17, 15) is 4.79 Å². The Labute approximate surface area is 154 Å². The predicted octanol–water partition coefficient (Wildman–Crippen LogP) is 5.12. The van der Waals surface area contributed by atoms with Crippen LogP contribution in [0.5, 0.6) is 0 Å². The van der Waals surface area contributed by atoms with Crippen LogP contribution in [0.25, 0.3) is 16.6 Å². The Kier molecular flexibility index (Phi) is 3.71.